The van der Waals surface area contributed by atoms with Crippen molar-refractivity contribution in [2.75, 3.05) is 6.54 Å². The highest BCUT2D eigenvalue weighted by atomic mass is 16.4. The first-order chi connectivity index (χ1) is 9.15. The van der Waals surface area contributed by atoms with Gasteiger partial charge in [0.2, 0.25) is 0 Å². The van der Waals surface area contributed by atoms with Gasteiger partial charge in [-0.1, -0.05) is 51.0 Å². The Balaban J connectivity index is 2.19. The van der Waals surface area contributed by atoms with Crippen LogP contribution in [-0.4, -0.2) is 28.6 Å². The smallest absolute Gasteiger partial charge is 0.321 e. The summed E-state index contributed by atoms with van der Waals surface area (Å²) in [6, 6.07) is 7.84. The van der Waals surface area contributed by atoms with Gasteiger partial charge in [0.25, 0.3) is 0 Å². The maximum Gasteiger partial charge on any atom is 0.321 e. The third-order valence-corrected chi connectivity index (χ3v) is 4.28. The SMILES string of the molecule is CCC(CC)CN1Cc2ccccc2C[C@H]1C(=O)O. The van der Waals surface area contributed by atoms with E-state index < -0.39 is 5.97 Å². The van der Waals surface area contributed by atoms with Gasteiger partial charge in [-0.15, -0.1) is 0 Å². The molecule has 1 aromatic rings. The molecule has 104 valence electrons. The number of nitrogens with zero attached hydrogens (tertiary/aromatic N) is 1. The first kappa shape index (κ1) is 14.1. The van der Waals surface area contributed by atoms with E-state index in [0.29, 0.717) is 12.3 Å². The zero-order chi connectivity index (χ0) is 13.8. The molecule has 1 atom stereocenters. The van der Waals surface area contributed by atoms with Crippen LogP contribution in [0.1, 0.15) is 37.8 Å². The minimum Gasteiger partial charge on any atom is -0.480 e. The summed E-state index contributed by atoms with van der Waals surface area (Å²) in [5.74, 6) is -0.104. The molecule has 0 fully saturated rings. The fourth-order valence-corrected chi connectivity index (χ4v) is 2.89. The van der Waals surface area contributed by atoms with E-state index in [1.54, 1.807) is 0 Å². The molecule has 1 N–H and O–H groups in total. The molecule has 0 aromatic heterocycles. The molecular formula is C16H23NO2. The molecule has 0 bridgehead atoms. The summed E-state index contributed by atoms with van der Waals surface area (Å²) < 4.78 is 0. The molecule has 19 heavy (non-hydrogen) atoms. The highest BCUT2D eigenvalue weighted by Crippen LogP contribution is 2.25. The Kier molecular flexibility index (Phi) is 4.59. The zero-order valence-electron chi connectivity index (χ0n) is 11.8. The summed E-state index contributed by atoms with van der Waals surface area (Å²) in [7, 11) is 0. The lowest BCUT2D eigenvalue weighted by atomic mass is 9.92. The van der Waals surface area contributed by atoms with Gasteiger partial charge in [0.1, 0.15) is 6.04 Å². The molecule has 0 radical (unpaired) electrons. The van der Waals surface area contributed by atoms with Crippen LogP contribution in [0.5, 0.6) is 0 Å². The van der Waals surface area contributed by atoms with Gasteiger partial charge in [-0.2, -0.15) is 0 Å². The molecule has 1 aliphatic heterocycles. The highest BCUT2D eigenvalue weighted by Gasteiger charge is 2.31. The summed E-state index contributed by atoms with van der Waals surface area (Å²) in [5.41, 5.74) is 2.47. The van der Waals surface area contributed by atoms with Crippen LogP contribution in [0.15, 0.2) is 24.3 Å². The van der Waals surface area contributed by atoms with Crippen LogP contribution in [0.2, 0.25) is 0 Å². The number of hydrogen-bond donors (Lipinski definition) is 1. The average Bonchev–Trinajstić information content (AvgIpc) is 2.43. The third kappa shape index (κ3) is 3.16. The lowest BCUT2D eigenvalue weighted by molar-refractivity contribution is -0.144. The van der Waals surface area contributed by atoms with Gasteiger partial charge in [-0.25, -0.2) is 0 Å². The van der Waals surface area contributed by atoms with Gasteiger partial charge in [0, 0.05) is 13.1 Å². The monoisotopic (exact) mass is 261 g/mol. The fraction of sp³-hybridized carbons (Fsp3) is 0.562. The lowest BCUT2D eigenvalue weighted by Gasteiger charge is -2.36. The average molecular weight is 261 g/mol. The molecule has 3 heteroatoms. The summed E-state index contributed by atoms with van der Waals surface area (Å²) in [6.45, 7) is 6.02. The first-order valence-corrected chi connectivity index (χ1v) is 7.19. The summed E-state index contributed by atoms with van der Waals surface area (Å²) >= 11 is 0. The molecule has 0 unspecified atom stereocenters. The van der Waals surface area contributed by atoms with Crippen molar-refractivity contribution >= 4 is 5.97 Å². The Labute approximate surface area is 115 Å². The van der Waals surface area contributed by atoms with Gasteiger partial charge in [-0.3, -0.25) is 9.69 Å². The molecule has 0 spiro atoms. The molecule has 0 saturated carbocycles. The van der Waals surface area contributed by atoms with Gasteiger partial charge in [0.05, 0.1) is 0 Å². The lowest BCUT2D eigenvalue weighted by Crippen LogP contribution is -2.47. The molecule has 1 aliphatic rings. The molecule has 0 saturated heterocycles. The Morgan fingerprint density at radius 3 is 2.53 bits per heavy atom. The number of hydrogen-bond acceptors (Lipinski definition) is 2. The highest BCUT2D eigenvalue weighted by molar-refractivity contribution is 5.74. The third-order valence-electron chi connectivity index (χ3n) is 4.28. The van der Waals surface area contributed by atoms with Crippen LogP contribution < -0.4 is 0 Å². The minimum absolute atomic E-state index is 0.365. The summed E-state index contributed by atoms with van der Waals surface area (Å²) in [4.78, 5) is 13.6. The minimum atomic E-state index is -0.694. The summed E-state index contributed by atoms with van der Waals surface area (Å²) in [5, 5.41) is 9.45. The van der Waals surface area contributed by atoms with Crippen molar-refractivity contribution in [3.05, 3.63) is 35.4 Å². The molecule has 0 aliphatic carbocycles. The molecule has 1 heterocycles. The van der Waals surface area contributed by atoms with Crippen LogP contribution >= 0.6 is 0 Å². The molecule has 0 amide bonds. The van der Waals surface area contributed by atoms with Crippen LogP contribution in [-0.2, 0) is 17.8 Å². The van der Waals surface area contributed by atoms with Crippen molar-refractivity contribution in [1.29, 1.82) is 0 Å². The van der Waals surface area contributed by atoms with Crippen LogP contribution in [0.25, 0.3) is 0 Å². The second-order valence-electron chi connectivity index (χ2n) is 5.44. The van der Waals surface area contributed by atoms with Gasteiger partial charge in [-0.05, 0) is 23.5 Å². The van der Waals surface area contributed by atoms with E-state index in [4.69, 9.17) is 0 Å². The summed E-state index contributed by atoms with van der Waals surface area (Å²) in [6.07, 6.45) is 2.85. The van der Waals surface area contributed by atoms with Crippen LogP contribution in [0, 0.1) is 5.92 Å². The predicted octanol–water partition coefficient (Wildman–Crippen LogP) is 2.93. The van der Waals surface area contributed by atoms with E-state index in [0.717, 1.165) is 25.9 Å². The topological polar surface area (TPSA) is 40.5 Å². The maximum absolute atomic E-state index is 11.5. The second kappa shape index (κ2) is 6.20. The number of carboxylic acid groups (broad SMARTS) is 1. The van der Waals surface area contributed by atoms with E-state index >= 15 is 0 Å². The Morgan fingerprint density at radius 2 is 1.95 bits per heavy atom. The number of aliphatic carboxylic acids is 1. The van der Waals surface area contributed by atoms with E-state index in [9.17, 15) is 9.90 Å². The van der Waals surface area contributed by atoms with Crippen molar-refractivity contribution in [3.8, 4) is 0 Å². The van der Waals surface area contributed by atoms with Crippen molar-refractivity contribution in [2.45, 2.75) is 45.7 Å². The van der Waals surface area contributed by atoms with E-state index in [2.05, 4.69) is 30.9 Å². The Hall–Kier alpha value is -1.35. The molecule has 3 nitrogen and oxygen atoms in total. The second-order valence-corrected chi connectivity index (χ2v) is 5.44. The molecule has 2 rings (SSSR count). The van der Waals surface area contributed by atoms with Crippen LogP contribution in [0.3, 0.4) is 0 Å². The van der Waals surface area contributed by atoms with Crippen molar-refractivity contribution in [3.63, 3.8) is 0 Å². The molecule has 1 aromatic carbocycles. The standard InChI is InChI=1S/C16H23NO2/c1-3-12(4-2)10-17-11-14-8-6-5-7-13(14)9-15(17)16(18)19/h5-8,12,15H,3-4,9-11H2,1-2H3,(H,18,19)/t15-/m0/s1. The largest absolute Gasteiger partial charge is 0.480 e. The number of fused-ring (bicyclic) bond motifs is 1. The maximum atomic E-state index is 11.5. The van der Waals surface area contributed by atoms with Crippen molar-refractivity contribution in [2.24, 2.45) is 5.92 Å². The Morgan fingerprint density at radius 1 is 1.32 bits per heavy atom. The van der Waals surface area contributed by atoms with E-state index in [1.165, 1.54) is 11.1 Å². The normalized spacial score (nSPS) is 19.4. The van der Waals surface area contributed by atoms with Crippen molar-refractivity contribution < 1.29 is 9.90 Å². The zero-order valence-corrected chi connectivity index (χ0v) is 11.8. The first-order valence-electron chi connectivity index (χ1n) is 7.19. The quantitative estimate of drug-likeness (QED) is 0.886. The number of carboxylic acids is 1. The van der Waals surface area contributed by atoms with Crippen LogP contribution in [0.4, 0.5) is 0 Å². The van der Waals surface area contributed by atoms with Gasteiger partial charge in [0.15, 0.2) is 0 Å². The van der Waals surface area contributed by atoms with Gasteiger partial charge < -0.3 is 5.11 Å². The number of rotatable bonds is 5. The van der Waals surface area contributed by atoms with Gasteiger partial charge >= 0.3 is 5.97 Å². The molecular weight excluding hydrogens is 238 g/mol. The number of benzene rings is 1. The van der Waals surface area contributed by atoms with E-state index in [-0.39, 0.29) is 6.04 Å². The predicted molar refractivity (Wildman–Crippen MR) is 76.1 cm³/mol. The fourth-order valence-electron chi connectivity index (χ4n) is 2.89. The van der Waals surface area contributed by atoms with Crippen molar-refractivity contribution in [1.82, 2.24) is 4.90 Å². The Bertz CT molecular complexity index is 440. The van der Waals surface area contributed by atoms with E-state index in [1.807, 2.05) is 12.1 Å². The number of carbonyl (C=O) groups is 1.